The zero-order chi connectivity index (χ0) is 11.5. The van der Waals surface area contributed by atoms with E-state index in [1.54, 1.807) is 0 Å². The summed E-state index contributed by atoms with van der Waals surface area (Å²) >= 11 is 0. The Hall–Kier alpha value is -1.32. The fourth-order valence-corrected chi connectivity index (χ4v) is 2.46. The van der Waals surface area contributed by atoms with E-state index in [0.29, 0.717) is 6.42 Å². The van der Waals surface area contributed by atoms with Crippen molar-refractivity contribution in [1.82, 2.24) is 9.55 Å². The molecule has 0 saturated heterocycles. The van der Waals surface area contributed by atoms with Crippen LogP contribution in [0.1, 0.15) is 42.9 Å². The molecule has 0 radical (unpaired) electrons. The van der Waals surface area contributed by atoms with Crippen LogP contribution in [0.5, 0.6) is 0 Å². The molecule has 0 saturated carbocycles. The first-order valence-corrected chi connectivity index (χ1v) is 6.06. The van der Waals surface area contributed by atoms with Gasteiger partial charge < -0.3 is 10.3 Å². The van der Waals surface area contributed by atoms with Crippen molar-refractivity contribution >= 4 is 5.84 Å². The molecule has 1 aliphatic rings. The van der Waals surface area contributed by atoms with Gasteiger partial charge in [-0.3, -0.25) is 5.41 Å². The summed E-state index contributed by atoms with van der Waals surface area (Å²) in [5.41, 5.74) is 8.09. The van der Waals surface area contributed by atoms with Crippen LogP contribution in [0, 0.1) is 12.3 Å². The second-order valence-corrected chi connectivity index (χ2v) is 4.54. The van der Waals surface area contributed by atoms with E-state index < -0.39 is 0 Å². The molecule has 0 bridgehead atoms. The fraction of sp³-hybridized carbons (Fsp3) is 0.667. The number of imidazole rings is 1. The van der Waals surface area contributed by atoms with E-state index in [1.165, 1.54) is 24.2 Å². The average molecular weight is 220 g/mol. The molecule has 1 aromatic heterocycles. The van der Waals surface area contributed by atoms with Gasteiger partial charge in [0.25, 0.3) is 0 Å². The number of nitrogens with one attached hydrogen (secondary N) is 1. The average Bonchev–Trinajstić information content (AvgIpc) is 2.55. The Morgan fingerprint density at radius 2 is 2.19 bits per heavy atom. The highest BCUT2D eigenvalue weighted by Gasteiger charge is 2.17. The summed E-state index contributed by atoms with van der Waals surface area (Å²) in [6.45, 7) is 3.03. The molecule has 0 spiro atoms. The Labute approximate surface area is 96.4 Å². The van der Waals surface area contributed by atoms with Crippen molar-refractivity contribution in [2.75, 3.05) is 0 Å². The van der Waals surface area contributed by atoms with Crippen LogP contribution >= 0.6 is 0 Å². The lowest BCUT2D eigenvalue weighted by Gasteiger charge is -2.14. The highest BCUT2D eigenvalue weighted by atomic mass is 15.1. The molecule has 0 atom stereocenters. The predicted octanol–water partition coefficient (Wildman–Crippen LogP) is 1.79. The second kappa shape index (κ2) is 4.68. The third kappa shape index (κ3) is 2.26. The van der Waals surface area contributed by atoms with Gasteiger partial charge in [0.2, 0.25) is 0 Å². The number of aromatic nitrogens is 2. The van der Waals surface area contributed by atoms with Crippen LogP contribution < -0.4 is 5.73 Å². The first-order valence-electron chi connectivity index (χ1n) is 6.06. The van der Waals surface area contributed by atoms with Gasteiger partial charge >= 0.3 is 0 Å². The summed E-state index contributed by atoms with van der Waals surface area (Å²) in [6.07, 6.45) is 6.49. The fourth-order valence-electron chi connectivity index (χ4n) is 2.46. The molecule has 16 heavy (non-hydrogen) atoms. The number of aryl methyl sites for hydroxylation is 2. The van der Waals surface area contributed by atoms with E-state index in [4.69, 9.17) is 11.1 Å². The molecule has 2 rings (SSSR count). The molecule has 1 aliphatic carbocycles. The summed E-state index contributed by atoms with van der Waals surface area (Å²) in [6, 6.07) is 0. The van der Waals surface area contributed by atoms with Crippen LogP contribution in [0.4, 0.5) is 0 Å². The van der Waals surface area contributed by atoms with Gasteiger partial charge in [-0.2, -0.15) is 0 Å². The normalized spacial score (nSPS) is 14.8. The van der Waals surface area contributed by atoms with E-state index in [0.717, 1.165) is 31.6 Å². The van der Waals surface area contributed by atoms with Crippen molar-refractivity contribution < 1.29 is 0 Å². The van der Waals surface area contributed by atoms with E-state index >= 15 is 0 Å². The van der Waals surface area contributed by atoms with Crippen LogP contribution in [-0.2, 0) is 19.4 Å². The van der Waals surface area contributed by atoms with Crippen molar-refractivity contribution in [3.8, 4) is 0 Å². The maximum absolute atomic E-state index is 7.22. The molecule has 4 nitrogen and oxygen atoms in total. The third-order valence-corrected chi connectivity index (χ3v) is 3.25. The topological polar surface area (TPSA) is 67.7 Å². The minimum atomic E-state index is 0.284. The van der Waals surface area contributed by atoms with Gasteiger partial charge in [-0.1, -0.05) is 0 Å². The molecular formula is C12H20N4. The first kappa shape index (κ1) is 11.2. The zero-order valence-corrected chi connectivity index (χ0v) is 9.92. The van der Waals surface area contributed by atoms with Gasteiger partial charge in [0.15, 0.2) is 0 Å². The van der Waals surface area contributed by atoms with Crippen LogP contribution in [-0.4, -0.2) is 15.4 Å². The van der Waals surface area contributed by atoms with Crippen LogP contribution in [0.2, 0.25) is 0 Å². The molecule has 88 valence electrons. The molecule has 0 amide bonds. The van der Waals surface area contributed by atoms with Gasteiger partial charge in [0.1, 0.15) is 5.82 Å². The number of rotatable bonds is 4. The zero-order valence-electron chi connectivity index (χ0n) is 9.92. The van der Waals surface area contributed by atoms with Crippen molar-refractivity contribution in [3.05, 3.63) is 17.2 Å². The van der Waals surface area contributed by atoms with Crippen molar-refractivity contribution in [3.63, 3.8) is 0 Å². The first-order chi connectivity index (χ1) is 7.68. The molecule has 3 N–H and O–H groups in total. The van der Waals surface area contributed by atoms with E-state index in [1.807, 2.05) is 0 Å². The molecule has 4 heteroatoms. The van der Waals surface area contributed by atoms with Crippen molar-refractivity contribution in [1.29, 1.82) is 5.41 Å². The van der Waals surface area contributed by atoms with Gasteiger partial charge in [0, 0.05) is 18.7 Å². The highest BCUT2D eigenvalue weighted by Crippen LogP contribution is 2.22. The molecule has 0 fully saturated rings. The molecule has 1 heterocycles. The van der Waals surface area contributed by atoms with E-state index in [2.05, 4.69) is 16.5 Å². The Balaban J connectivity index is 2.07. The highest BCUT2D eigenvalue weighted by molar-refractivity contribution is 5.76. The number of amidine groups is 1. The summed E-state index contributed by atoms with van der Waals surface area (Å²) in [7, 11) is 0. The molecule has 0 aromatic carbocycles. The van der Waals surface area contributed by atoms with Gasteiger partial charge in [0.05, 0.1) is 11.5 Å². The minimum absolute atomic E-state index is 0.284. The quantitative estimate of drug-likeness (QED) is 0.600. The summed E-state index contributed by atoms with van der Waals surface area (Å²) in [5.74, 6) is 1.40. The maximum atomic E-state index is 7.22. The summed E-state index contributed by atoms with van der Waals surface area (Å²) < 4.78 is 2.32. The standard InChI is InChI=1S/C12H20N4/c1-9-15-10-5-2-3-6-11(10)16(9)8-4-7-12(13)14/h2-8H2,1H3,(H3,13,14). The molecular weight excluding hydrogens is 200 g/mol. The number of fused-ring (bicyclic) bond motifs is 1. The number of hydrogen-bond donors (Lipinski definition) is 2. The van der Waals surface area contributed by atoms with Gasteiger partial charge in [-0.05, 0) is 39.0 Å². The lowest BCUT2D eigenvalue weighted by Crippen LogP contribution is -2.13. The van der Waals surface area contributed by atoms with Gasteiger partial charge in [-0.15, -0.1) is 0 Å². The number of hydrogen-bond acceptors (Lipinski definition) is 2. The Kier molecular flexibility index (Phi) is 3.27. The van der Waals surface area contributed by atoms with Gasteiger partial charge in [-0.25, -0.2) is 4.98 Å². The lowest BCUT2D eigenvalue weighted by atomic mass is 10.0. The van der Waals surface area contributed by atoms with Crippen LogP contribution in [0.3, 0.4) is 0 Å². The SMILES string of the molecule is Cc1nc2c(n1CCCC(=N)N)CCCC2. The Morgan fingerprint density at radius 1 is 1.44 bits per heavy atom. The molecule has 1 aromatic rings. The number of nitrogens with zero attached hydrogens (tertiary/aromatic N) is 2. The van der Waals surface area contributed by atoms with E-state index in [9.17, 15) is 0 Å². The third-order valence-electron chi connectivity index (χ3n) is 3.25. The molecule has 0 unspecified atom stereocenters. The largest absolute Gasteiger partial charge is 0.388 e. The van der Waals surface area contributed by atoms with Crippen LogP contribution in [0.25, 0.3) is 0 Å². The second-order valence-electron chi connectivity index (χ2n) is 4.54. The minimum Gasteiger partial charge on any atom is -0.388 e. The summed E-state index contributed by atoms with van der Waals surface area (Å²) in [5, 5.41) is 7.22. The monoisotopic (exact) mass is 220 g/mol. The molecule has 0 aliphatic heterocycles. The smallest absolute Gasteiger partial charge is 0.106 e. The summed E-state index contributed by atoms with van der Waals surface area (Å²) in [4.78, 5) is 4.63. The maximum Gasteiger partial charge on any atom is 0.106 e. The Bertz CT molecular complexity index is 392. The van der Waals surface area contributed by atoms with E-state index in [-0.39, 0.29) is 5.84 Å². The van der Waals surface area contributed by atoms with Crippen LogP contribution in [0.15, 0.2) is 0 Å². The Morgan fingerprint density at radius 3 is 2.94 bits per heavy atom. The lowest BCUT2D eigenvalue weighted by molar-refractivity contribution is 0.579. The van der Waals surface area contributed by atoms with Crippen molar-refractivity contribution in [2.45, 2.75) is 52.0 Å². The van der Waals surface area contributed by atoms with Crippen molar-refractivity contribution in [2.24, 2.45) is 5.73 Å². The predicted molar refractivity (Wildman–Crippen MR) is 64.8 cm³/mol. The number of nitrogens with two attached hydrogens (primary N) is 1.